The Morgan fingerprint density at radius 1 is 1.19 bits per heavy atom. The molecule has 4 N–H and O–H groups in total. The molecule has 0 aliphatic carbocycles. The highest BCUT2D eigenvalue weighted by Gasteiger charge is 2.23. The van der Waals surface area contributed by atoms with Gasteiger partial charge in [-0.2, -0.15) is 4.98 Å². The number of para-hydroxylation sites is 2. The smallest absolute Gasteiger partial charge is 0.254 e. The number of methoxy groups -OCH3 is 1. The van der Waals surface area contributed by atoms with Crippen LogP contribution in [0.3, 0.4) is 0 Å². The van der Waals surface area contributed by atoms with Crippen LogP contribution in [0, 0.1) is 5.82 Å². The summed E-state index contributed by atoms with van der Waals surface area (Å²) in [5.74, 6) is -0.572. The zero-order valence-electron chi connectivity index (χ0n) is 17.3. The number of amides is 2. The van der Waals surface area contributed by atoms with Crippen LogP contribution in [0.5, 0.6) is 5.75 Å². The lowest BCUT2D eigenvalue weighted by Crippen LogP contribution is -2.23. The van der Waals surface area contributed by atoms with Crippen molar-refractivity contribution < 1.29 is 18.7 Å². The van der Waals surface area contributed by atoms with Crippen LogP contribution in [-0.2, 0) is 4.79 Å². The number of hydrogen-bond acceptors (Lipinski definition) is 7. The SMILES string of the molecule is COc1ccccc1Nc1nc(Nc2cc(N3CCCC3=O)ccc2F)ncc1C(N)=O. The van der Waals surface area contributed by atoms with Gasteiger partial charge in [-0.05, 0) is 36.8 Å². The van der Waals surface area contributed by atoms with Crippen LogP contribution in [0.4, 0.5) is 33.2 Å². The molecule has 10 heteroatoms. The van der Waals surface area contributed by atoms with Gasteiger partial charge in [-0.3, -0.25) is 9.59 Å². The molecule has 2 heterocycles. The third-order valence-corrected chi connectivity index (χ3v) is 5.00. The Morgan fingerprint density at radius 2 is 2.00 bits per heavy atom. The van der Waals surface area contributed by atoms with Gasteiger partial charge in [0.05, 0.1) is 18.5 Å². The molecule has 0 unspecified atom stereocenters. The zero-order valence-corrected chi connectivity index (χ0v) is 17.3. The Hall–Kier alpha value is -4.21. The van der Waals surface area contributed by atoms with Crippen molar-refractivity contribution in [1.29, 1.82) is 0 Å². The van der Waals surface area contributed by atoms with Crippen molar-refractivity contribution in [3.63, 3.8) is 0 Å². The van der Waals surface area contributed by atoms with E-state index in [4.69, 9.17) is 10.5 Å². The highest BCUT2D eigenvalue weighted by molar-refractivity contribution is 5.98. The Morgan fingerprint density at radius 3 is 2.72 bits per heavy atom. The average Bonchev–Trinajstić information content (AvgIpc) is 3.21. The number of rotatable bonds is 7. The first-order chi connectivity index (χ1) is 15.5. The molecule has 0 saturated carbocycles. The number of nitrogens with one attached hydrogen (secondary N) is 2. The van der Waals surface area contributed by atoms with Gasteiger partial charge in [0.25, 0.3) is 5.91 Å². The van der Waals surface area contributed by atoms with Crippen molar-refractivity contribution in [3.8, 4) is 5.75 Å². The molecule has 1 fully saturated rings. The normalized spacial score (nSPS) is 13.2. The minimum absolute atomic E-state index is 0.00656. The molecule has 0 radical (unpaired) electrons. The van der Waals surface area contributed by atoms with Gasteiger partial charge in [-0.15, -0.1) is 0 Å². The highest BCUT2D eigenvalue weighted by Crippen LogP contribution is 2.30. The van der Waals surface area contributed by atoms with Crippen LogP contribution in [0.15, 0.2) is 48.7 Å². The summed E-state index contributed by atoms with van der Waals surface area (Å²) in [7, 11) is 1.52. The summed E-state index contributed by atoms with van der Waals surface area (Å²) in [5.41, 5.74) is 6.75. The van der Waals surface area contributed by atoms with Gasteiger partial charge in [0.1, 0.15) is 22.9 Å². The van der Waals surface area contributed by atoms with E-state index in [1.54, 1.807) is 35.2 Å². The van der Waals surface area contributed by atoms with Gasteiger partial charge in [-0.1, -0.05) is 12.1 Å². The van der Waals surface area contributed by atoms with E-state index in [9.17, 15) is 14.0 Å². The highest BCUT2D eigenvalue weighted by atomic mass is 19.1. The first-order valence-electron chi connectivity index (χ1n) is 9.90. The van der Waals surface area contributed by atoms with E-state index in [1.807, 2.05) is 0 Å². The number of carbonyl (C=O) groups is 2. The standard InChI is InChI=1S/C22H21FN6O3/c1-32-18-6-3-2-5-16(18)26-21-14(20(24)31)12-25-22(28-21)27-17-11-13(8-9-15(17)23)29-10-4-7-19(29)30/h2-3,5-6,8-9,11-12H,4,7,10H2,1H3,(H2,24,31)(H2,25,26,27,28). The predicted octanol–water partition coefficient (Wildman–Crippen LogP) is 3.34. The van der Waals surface area contributed by atoms with Gasteiger partial charge < -0.3 is 26.0 Å². The van der Waals surface area contributed by atoms with E-state index >= 15 is 0 Å². The summed E-state index contributed by atoms with van der Waals surface area (Å²) in [6.45, 7) is 0.584. The number of nitrogens with zero attached hydrogens (tertiary/aromatic N) is 3. The number of hydrogen-bond donors (Lipinski definition) is 3. The van der Waals surface area contributed by atoms with Gasteiger partial charge >= 0.3 is 0 Å². The molecule has 1 saturated heterocycles. The van der Waals surface area contributed by atoms with E-state index in [1.165, 1.54) is 25.4 Å². The predicted molar refractivity (Wildman–Crippen MR) is 118 cm³/mol. The van der Waals surface area contributed by atoms with Crippen LogP contribution in [0.2, 0.25) is 0 Å². The summed E-state index contributed by atoms with van der Waals surface area (Å²) >= 11 is 0. The van der Waals surface area contributed by atoms with E-state index in [0.29, 0.717) is 30.1 Å². The third-order valence-electron chi connectivity index (χ3n) is 5.00. The molecule has 2 aromatic carbocycles. The maximum absolute atomic E-state index is 14.5. The Kier molecular flexibility index (Phi) is 5.84. The summed E-state index contributed by atoms with van der Waals surface area (Å²) in [5, 5.41) is 5.83. The topological polar surface area (TPSA) is 122 Å². The molecular weight excluding hydrogens is 415 g/mol. The largest absolute Gasteiger partial charge is 0.495 e. The molecule has 0 atom stereocenters. The van der Waals surface area contributed by atoms with E-state index in [2.05, 4.69) is 20.6 Å². The number of ether oxygens (including phenoxy) is 1. The number of anilines is 5. The molecule has 3 aromatic rings. The number of carbonyl (C=O) groups excluding carboxylic acids is 2. The molecule has 4 rings (SSSR count). The Bertz CT molecular complexity index is 1190. The molecule has 0 bridgehead atoms. The average molecular weight is 436 g/mol. The van der Waals surface area contributed by atoms with Gasteiger partial charge in [0.2, 0.25) is 11.9 Å². The number of aromatic nitrogens is 2. The van der Waals surface area contributed by atoms with Crippen LogP contribution in [-0.4, -0.2) is 35.4 Å². The second-order valence-electron chi connectivity index (χ2n) is 7.08. The number of nitrogens with two attached hydrogens (primary N) is 1. The van der Waals surface area contributed by atoms with Crippen molar-refractivity contribution in [2.45, 2.75) is 12.8 Å². The van der Waals surface area contributed by atoms with Crippen LogP contribution in [0.25, 0.3) is 0 Å². The minimum atomic E-state index is -0.727. The quantitative estimate of drug-likeness (QED) is 0.519. The Balaban J connectivity index is 1.66. The molecule has 1 aliphatic rings. The molecule has 32 heavy (non-hydrogen) atoms. The van der Waals surface area contributed by atoms with E-state index in [0.717, 1.165) is 6.42 Å². The lowest BCUT2D eigenvalue weighted by atomic mass is 10.2. The summed E-state index contributed by atoms with van der Waals surface area (Å²) < 4.78 is 19.8. The van der Waals surface area contributed by atoms with Crippen molar-refractivity contribution in [1.82, 2.24) is 9.97 Å². The molecule has 1 aromatic heterocycles. The Labute approximate surface area is 183 Å². The van der Waals surface area contributed by atoms with Gasteiger partial charge in [0, 0.05) is 24.8 Å². The van der Waals surface area contributed by atoms with Gasteiger partial charge in [0.15, 0.2) is 0 Å². The second kappa shape index (κ2) is 8.88. The monoisotopic (exact) mass is 436 g/mol. The number of benzene rings is 2. The summed E-state index contributed by atoms with van der Waals surface area (Å²) in [6, 6.07) is 11.4. The summed E-state index contributed by atoms with van der Waals surface area (Å²) in [4.78, 5) is 33.9. The minimum Gasteiger partial charge on any atom is -0.495 e. The van der Waals surface area contributed by atoms with E-state index < -0.39 is 11.7 Å². The second-order valence-corrected chi connectivity index (χ2v) is 7.08. The zero-order chi connectivity index (χ0) is 22.7. The first kappa shape index (κ1) is 21.0. The van der Waals surface area contributed by atoms with Gasteiger partial charge in [-0.25, -0.2) is 9.37 Å². The van der Waals surface area contributed by atoms with Crippen molar-refractivity contribution in [2.75, 3.05) is 29.2 Å². The molecular formula is C22H21FN6O3. The summed E-state index contributed by atoms with van der Waals surface area (Å²) in [6.07, 6.45) is 2.48. The van der Waals surface area contributed by atoms with Crippen LogP contribution < -0.4 is 26.0 Å². The fourth-order valence-corrected chi connectivity index (χ4v) is 3.41. The third kappa shape index (κ3) is 4.29. The first-order valence-corrected chi connectivity index (χ1v) is 9.90. The lowest BCUT2D eigenvalue weighted by Gasteiger charge is -2.17. The maximum atomic E-state index is 14.5. The fraction of sp³-hybridized carbons (Fsp3) is 0.182. The van der Waals surface area contributed by atoms with E-state index in [-0.39, 0.29) is 28.9 Å². The van der Waals surface area contributed by atoms with Crippen molar-refractivity contribution in [2.24, 2.45) is 5.73 Å². The maximum Gasteiger partial charge on any atom is 0.254 e. The molecule has 9 nitrogen and oxygen atoms in total. The molecule has 0 spiro atoms. The van der Waals surface area contributed by atoms with Crippen LogP contribution >= 0.6 is 0 Å². The fourth-order valence-electron chi connectivity index (χ4n) is 3.41. The van der Waals surface area contributed by atoms with Crippen LogP contribution in [0.1, 0.15) is 23.2 Å². The number of halogens is 1. The molecule has 164 valence electrons. The molecule has 2 amide bonds. The number of primary amides is 1. The molecule has 1 aliphatic heterocycles. The van der Waals surface area contributed by atoms with Crippen molar-refractivity contribution in [3.05, 3.63) is 60.0 Å². The van der Waals surface area contributed by atoms with Crippen molar-refractivity contribution >= 4 is 40.6 Å². The lowest BCUT2D eigenvalue weighted by molar-refractivity contribution is -0.117.